The molecule has 9 unspecified atom stereocenters. The van der Waals surface area contributed by atoms with Crippen molar-refractivity contribution in [2.24, 2.45) is 0 Å². The van der Waals surface area contributed by atoms with E-state index in [2.05, 4.69) is 13.8 Å². The van der Waals surface area contributed by atoms with E-state index in [0.29, 0.717) is 116 Å². The minimum absolute atomic E-state index is 0.0345. The van der Waals surface area contributed by atoms with Gasteiger partial charge in [-0.1, -0.05) is 192 Å². The predicted molar refractivity (Wildman–Crippen MR) is 422 cm³/mol. The van der Waals surface area contributed by atoms with Crippen LogP contribution in [0.5, 0.6) is 0 Å². The van der Waals surface area contributed by atoms with Crippen molar-refractivity contribution in [3.05, 3.63) is 85.1 Å². The van der Waals surface area contributed by atoms with Gasteiger partial charge in [0.1, 0.15) is 62.0 Å². The zero-order valence-corrected chi connectivity index (χ0v) is 68.5. The van der Waals surface area contributed by atoms with Crippen molar-refractivity contribution in [1.29, 1.82) is 0 Å². The summed E-state index contributed by atoms with van der Waals surface area (Å²) in [7, 11) is 0. The number of carbonyl (C=O) groups excluding carboxylic acids is 11. The molecule has 0 aromatic carbocycles. The van der Waals surface area contributed by atoms with Gasteiger partial charge in [-0.2, -0.15) is 0 Å². The minimum Gasteiger partial charge on any atom is -0.462 e. The second kappa shape index (κ2) is 69.5. The zero-order chi connectivity index (χ0) is 80.9. The Morgan fingerprint density at radius 2 is 0.431 bits per heavy atom. The van der Waals surface area contributed by atoms with Gasteiger partial charge in [0.2, 0.25) is 0 Å². The van der Waals surface area contributed by atoms with E-state index in [0.717, 1.165) is 103 Å². The third-order valence-corrected chi connectivity index (χ3v) is 17.9. The van der Waals surface area contributed by atoms with E-state index in [-0.39, 0.29) is 57.7 Å². The van der Waals surface area contributed by atoms with Crippen LogP contribution in [0.25, 0.3) is 0 Å². The average molecular weight is 1540 g/mol. The predicted octanol–water partition coefficient (Wildman–Crippen LogP) is 19.0. The number of allylic oxidation sites excluding steroid dienone is 7. The van der Waals surface area contributed by atoms with Crippen LogP contribution in [-0.2, 0) is 105 Å². The first-order chi connectivity index (χ1) is 52.7. The fraction of sp³-hybridized carbons (Fsp3) is 0.713. The van der Waals surface area contributed by atoms with Crippen LogP contribution in [0.1, 0.15) is 333 Å². The van der Waals surface area contributed by atoms with E-state index in [1.54, 1.807) is 66.7 Å². The molecule has 0 spiro atoms. The van der Waals surface area contributed by atoms with E-state index in [1.807, 2.05) is 13.8 Å². The zero-order valence-electron chi connectivity index (χ0n) is 68.5. The van der Waals surface area contributed by atoms with Crippen LogP contribution in [-0.4, -0.2) is 134 Å². The Morgan fingerprint density at radius 3 is 0.716 bits per heavy atom. The lowest BCUT2D eigenvalue weighted by Crippen LogP contribution is -2.43. The molecule has 0 aliphatic rings. The Bertz CT molecular complexity index is 2720. The largest absolute Gasteiger partial charge is 0.462 e. The van der Waals surface area contributed by atoms with Gasteiger partial charge in [0.05, 0.1) is 0 Å². The number of unbranched alkanes of at least 4 members (excludes halogenated alkanes) is 22. The summed E-state index contributed by atoms with van der Waals surface area (Å²) >= 11 is 0. The first-order valence-corrected chi connectivity index (χ1v) is 41.2. The number of hydrogen-bond acceptors (Lipinski definition) is 22. The van der Waals surface area contributed by atoms with Crippen LogP contribution >= 0.6 is 0 Å². The molecule has 0 aliphatic heterocycles. The van der Waals surface area contributed by atoms with Crippen molar-refractivity contribution in [3.8, 4) is 0 Å². The third-order valence-electron chi connectivity index (χ3n) is 17.9. The quantitative estimate of drug-likeness (QED) is 0.0236. The number of rotatable bonds is 68. The van der Waals surface area contributed by atoms with Crippen LogP contribution in [0.15, 0.2) is 85.1 Å². The summed E-state index contributed by atoms with van der Waals surface area (Å²) in [4.78, 5) is 143. The molecule has 0 aliphatic carbocycles. The van der Waals surface area contributed by atoms with Crippen LogP contribution < -0.4 is 0 Å². The van der Waals surface area contributed by atoms with Gasteiger partial charge in [0.25, 0.3) is 0 Å². The molecule has 0 fully saturated rings. The van der Waals surface area contributed by atoms with Gasteiger partial charge in [-0.25, -0.2) is 33.6 Å². The first-order valence-electron chi connectivity index (χ1n) is 41.2. The Morgan fingerprint density at radius 1 is 0.220 bits per heavy atom. The molecule has 0 heterocycles. The molecule has 0 saturated carbocycles. The van der Waals surface area contributed by atoms with Crippen molar-refractivity contribution < 1.29 is 105 Å². The molecular weight excluding hydrogens is 1400 g/mol. The van der Waals surface area contributed by atoms with Gasteiger partial charge in [0.15, 0.2) is 6.10 Å². The lowest BCUT2D eigenvalue weighted by Gasteiger charge is -2.32. The van der Waals surface area contributed by atoms with E-state index >= 15 is 0 Å². The van der Waals surface area contributed by atoms with Gasteiger partial charge in [-0.15, -0.1) is 0 Å². The monoisotopic (exact) mass is 1540 g/mol. The summed E-state index contributed by atoms with van der Waals surface area (Å²) in [5.74, 6) is -6.14. The average Bonchev–Trinajstić information content (AvgIpc) is 0.854. The van der Waals surface area contributed by atoms with E-state index in [9.17, 15) is 52.7 Å². The van der Waals surface area contributed by atoms with Gasteiger partial charge < -0.3 is 52.1 Å². The molecular formula is C87H140O22. The van der Waals surface area contributed by atoms with Crippen LogP contribution in [0.2, 0.25) is 0 Å². The van der Waals surface area contributed by atoms with Crippen LogP contribution in [0, 0.1) is 0 Å². The number of ether oxygens (including phenoxy) is 11. The maximum Gasteiger partial charge on any atom is 0.330 e. The number of hydrogen-bond donors (Lipinski definition) is 0. The van der Waals surface area contributed by atoms with Gasteiger partial charge in [0, 0.05) is 74.6 Å². The maximum atomic E-state index is 13.5. The molecule has 22 nitrogen and oxygen atoms in total. The van der Waals surface area contributed by atoms with Crippen molar-refractivity contribution in [1.82, 2.24) is 0 Å². The Balaban J connectivity index is 6.30. The van der Waals surface area contributed by atoms with Crippen molar-refractivity contribution >= 4 is 65.7 Å². The Labute approximate surface area is 653 Å². The summed E-state index contributed by atoms with van der Waals surface area (Å²) in [5.41, 5.74) is 0. The molecule has 0 bridgehead atoms. The van der Waals surface area contributed by atoms with Gasteiger partial charge in [-0.05, 0) is 151 Å². The Kier molecular flexibility index (Phi) is 64.7. The fourth-order valence-electron chi connectivity index (χ4n) is 12.2. The summed E-state index contributed by atoms with van der Waals surface area (Å²) in [5, 5.41) is 0. The van der Waals surface area contributed by atoms with Crippen molar-refractivity contribution in [2.75, 3.05) is 13.2 Å². The first kappa shape index (κ1) is 101. The van der Waals surface area contributed by atoms with Crippen LogP contribution in [0.3, 0.4) is 0 Å². The van der Waals surface area contributed by atoms with E-state index in [1.165, 1.54) is 66.8 Å². The summed E-state index contributed by atoms with van der Waals surface area (Å²) < 4.78 is 64.4. The summed E-state index contributed by atoms with van der Waals surface area (Å²) in [6.07, 6.45) is 38.0. The molecule has 109 heavy (non-hydrogen) atoms. The van der Waals surface area contributed by atoms with Crippen LogP contribution in [0.4, 0.5) is 0 Å². The molecule has 0 N–H and O–H groups in total. The fourth-order valence-corrected chi connectivity index (χ4v) is 12.2. The van der Waals surface area contributed by atoms with Crippen molar-refractivity contribution in [2.45, 2.75) is 388 Å². The highest BCUT2D eigenvalue weighted by atomic mass is 16.6. The SMILES string of the molecule is C/C=C/C(=O)OC(CCCCCCCC)C(CCCCCCCC(=O)OCC(COC(=O)CCCCCCCC(OC(=O)/C=C/C)C(CC(OC(=O)/C=C/C)C(CCCCC)OC(=O)/C=C/C)OC(=O)/C=C/C)OC(=O)CCCCCCCC(OC(=O)/C=C/C)C(CCCCCC)OC(=O)CCC)OC(=O)/C=C/C. The second-order valence-corrected chi connectivity index (χ2v) is 27.6. The molecule has 9 atom stereocenters. The normalized spacial score (nSPS) is 14.3. The second-order valence-electron chi connectivity index (χ2n) is 27.6. The smallest absolute Gasteiger partial charge is 0.330 e. The maximum absolute atomic E-state index is 13.5. The lowest BCUT2D eigenvalue weighted by atomic mass is 9.95. The molecule has 0 saturated heterocycles. The van der Waals surface area contributed by atoms with E-state index in [4.69, 9.17) is 52.1 Å². The van der Waals surface area contributed by atoms with E-state index < -0.39 is 115 Å². The number of carbonyl (C=O) groups is 11. The summed E-state index contributed by atoms with van der Waals surface area (Å²) in [6.45, 7) is 19.3. The molecule has 0 aromatic rings. The molecule has 0 aromatic heterocycles. The summed E-state index contributed by atoms with van der Waals surface area (Å²) in [6, 6.07) is 0. The molecule has 0 amide bonds. The topological polar surface area (TPSA) is 289 Å². The minimum atomic E-state index is -1.14. The third kappa shape index (κ3) is 56.3. The highest BCUT2D eigenvalue weighted by Gasteiger charge is 2.37. The lowest BCUT2D eigenvalue weighted by molar-refractivity contribution is -0.175. The Hall–Kier alpha value is -7.65. The molecule has 0 rings (SSSR count). The molecule has 0 radical (unpaired) electrons. The highest BCUT2D eigenvalue weighted by Crippen LogP contribution is 2.28. The van der Waals surface area contributed by atoms with Gasteiger partial charge >= 0.3 is 65.7 Å². The van der Waals surface area contributed by atoms with Gasteiger partial charge in [-0.3, -0.25) is 19.2 Å². The number of esters is 11. The molecule has 22 heteroatoms. The molecule has 620 valence electrons. The standard InChI is InChI=1S/C87H140O22/c1-12-23-26-28-32-41-58-71(104-81(92)50-17-6)72(105-82(93)51-18-7)60-42-33-29-36-45-62-77(88)99-66-68(101-87(98)64-47-38-31-34-43-59-70(103-80(91)49-16-5)69(57-40-27-24-13-2)102-79(90)48-15-4)67-100-78(89)63-46-37-30-35-44-61-74(107-84(95)53-20-9)76(109-86(97)55-22-11)65-75(108-85(96)54-21-10)73(56-39-25-14-3)106-83(94)52-19-8/h16-22,49-55,68-76H,12-15,23-48,56-67H2,1-11H3/b49-16+,50-17+,51-18+,52-19+,53-20+,54-21+,55-22+. The van der Waals surface area contributed by atoms with Crippen molar-refractivity contribution in [3.63, 3.8) is 0 Å². The highest BCUT2D eigenvalue weighted by molar-refractivity contribution is 5.85.